The van der Waals surface area contributed by atoms with Crippen molar-refractivity contribution in [3.8, 4) is 28.8 Å². The molecule has 39 heavy (non-hydrogen) atoms. The fraction of sp³-hybridized carbons (Fsp3) is 0.286. The van der Waals surface area contributed by atoms with Crippen LogP contribution in [-0.4, -0.2) is 54.3 Å². The molecule has 0 aliphatic carbocycles. The van der Waals surface area contributed by atoms with Crippen LogP contribution in [0.4, 0.5) is 0 Å². The van der Waals surface area contributed by atoms with E-state index in [0.717, 1.165) is 15.2 Å². The van der Waals surface area contributed by atoms with E-state index in [0.29, 0.717) is 23.0 Å². The molecule has 0 radical (unpaired) electrons. The lowest BCUT2D eigenvalue weighted by Crippen LogP contribution is -2.37. The molecule has 11 heteroatoms. The summed E-state index contributed by atoms with van der Waals surface area (Å²) in [5, 5.41) is 10.7. The molecule has 0 saturated carbocycles. The minimum Gasteiger partial charge on any atom is -0.494 e. The van der Waals surface area contributed by atoms with Crippen molar-refractivity contribution in [2.24, 2.45) is 0 Å². The van der Waals surface area contributed by atoms with Gasteiger partial charge in [-0.25, -0.2) is 13.9 Å². The molecule has 3 rings (SSSR count). The summed E-state index contributed by atoms with van der Waals surface area (Å²) in [6.45, 7) is 11.4. The monoisotopic (exact) mass is 540 g/mol. The summed E-state index contributed by atoms with van der Waals surface area (Å²) in [6.07, 6.45) is 0. The molecule has 208 valence electrons. The molecule has 0 bridgehead atoms. The lowest BCUT2D eigenvalue weighted by atomic mass is 10.2. The first-order valence-corrected chi connectivity index (χ1v) is 12.0. The van der Waals surface area contributed by atoms with Gasteiger partial charge in [-0.2, -0.15) is 0 Å². The fourth-order valence-electron chi connectivity index (χ4n) is 3.29. The van der Waals surface area contributed by atoms with Gasteiger partial charge in [0.15, 0.2) is 13.6 Å². The van der Waals surface area contributed by atoms with Crippen LogP contribution in [0.3, 0.4) is 0 Å². The van der Waals surface area contributed by atoms with Crippen molar-refractivity contribution in [1.82, 2.24) is 9.13 Å². The standard InChI is InChI=1S/C28H32N2O9/c1-20(2)38-18-34-12-14-36-23-10-11-25(37-15-13-35-19-39-21(3)4)24(16-23)30-27(32)17-26(31)29(28(30)33)22-8-6-5-7-9-22/h5-11,16-17,32H,1,3,12-15,18-19H2,2,4H3. The first-order chi connectivity index (χ1) is 18.8. The Bertz CT molecular complexity index is 1380. The summed E-state index contributed by atoms with van der Waals surface area (Å²) in [5.41, 5.74) is -0.977. The van der Waals surface area contributed by atoms with Crippen LogP contribution in [0.5, 0.6) is 17.4 Å². The molecule has 0 amide bonds. The van der Waals surface area contributed by atoms with E-state index < -0.39 is 17.1 Å². The zero-order valence-corrected chi connectivity index (χ0v) is 22.0. The molecule has 0 aliphatic rings. The van der Waals surface area contributed by atoms with E-state index in [-0.39, 0.29) is 51.5 Å². The number of ether oxygens (including phenoxy) is 6. The molecule has 0 atom stereocenters. The van der Waals surface area contributed by atoms with Crippen LogP contribution >= 0.6 is 0 Å². The maximum absolute atomic E-state index is 13.5. The van der Waals surface area contributed by atoms with Crippen molar-refractivity contribution >= 4 is 0 Å². The third-order valence-electron chi connectivity index (χ3n) is 5.03. The van der Waals surface area contributed by atoms with Gasteiger partial charge in [-0.1, -0.05) is 31.4 Å². The lowest BCUT2D eigenvalue weighted by molar-refractivity contribution is -0.0316. The molecular formula is C28H32N2O9. The van der Waals surface area contributed by atoms with Crippen LogP contribution in [0.1, 0.15) is 13.8 Å². The van der Waals surface area contributed by atoms with Crippen molar-refractivity contribution in [2.45, 2.75) is 13.8 Å². The van der Waals surface area contributed by atoms with Crippen LogP contribution < -0.4 is 20.7 Å². The van der Waals surface area contributed by atoms with Gasteiger partial charge >= 0.3 is 5.69 Å². The van der Waals surface area contributed by atoms with Crippen LogP contribution in [0.15, 0.2) is 88.9 Å². The molecule has 11 nitrogen and oxygen atoms in total. The highest BCUT2D eigenvalue weighted by Crippen LogP contribution is 2.29. The van der Waals surface area contributed by atoms with Crippen LogP contribution in [0.25, 0.3) is 11.4 Å². The molecule has 1 aromatic heterocycles. The van der Waals surface area contributed by atoms with Gasteiger partial charge in [0.25, 0.3) is 5.56 Å². The Hall–Kier alpha value is -4.48. The van der Waals surface area contributed by atoms with Crippen molar-refractivity contribution in [3.63, 3.8) is 0 Å². The fourth-order valence-corrected chi connectivity index (χ4v) is 3.29. The first kappa shape index (κ1) is 29.1. The number of nitrogens with zero attached hydrogens (tertiary/aromatic N) is 2. The van der Waals surface area contributed by atoms with Crippen molar-refractivity contribution in [3.05, 3.63) is 100 Å². The molecule has 3 aromatic rings. The summed E-state index contributed by atoms with van der Waals surface area (Å²) < 4.78 is 34.5. The Morgan fingerprint density at radius 1 is 0.795 bits per heavy atom. The molecule has 0 saturated heterocycles. The predicted octanol–water partition coefficient (Wildman–Crippen LogP) is 3.50. The van der Waals surface area contributed by atoms with Gasteiger partial charge in [0.1, 0.15) is 24.7 Å². The number of hydrogen-bond acceptors (Lipinski definition) is 9. The third kappa shape index (κ3) is 8.52. The quantitative estimate of drug-likeness (QED) is 0.165. The second kappa shape index (κ2) is 14.5. The maximum atomic E-state index is 13.5. The normalized spacial score (nSPS) is 10.6. The number of allylic oxidation sites excluding steroid dienone is 2. The summed E-state index contributed by atoms with van der Waals surface area (Å²) in [7, 11) is 0. The zero-order valence-electron chi connectivity index (χ0n) is 22.0. The van der Waals surface area contributed by atoms with Crippen LogP contribution in [0, 0.1) is 0 Å². The Balaban J connectivity index is 1.89. The highest BCUT2D eigenvalue weighted by Gasteiger charge is 2.18. The number of hydrogen-bond donors (Lipinski definition) is 1. The van der Waals surface area contributed by atoms with Crippen molar-refractivity contribution in [2.75, 3.05) is 40.0 Å². The van der Waals surface area contributed by atoms with E-state index in [1.165, 1.54) is 6.07 Å². The maximum Gasteiger partial charge on any atom is 0.343 e. The van der Waals surface area contributed by atoms with Crippen molar-refractivity contribution < 1.29 is 33.5 Å². The molecule has 0 aliphatic heterocycles. The topological polar surface area (TPSA) is 120 Å². The lowest BCUT2D eigenvalue weighted by Gasteiger charge is -2.17. The van der Waals surface area contributed by atoms with E-state index in [1.54, 1.807) is 56.3 Å². The summed E-state index contributed by atoms with van der Waals surface area (Å²) in [5.74, 6) is 1.11. The Morgan fingerprint density at radius 3 is 2.03 bits per heavy atom. The number of rotatable bonds is 16. The van der Waals surface area contributed by atoms with Gasteiger partial charge in [0, 0.05) is 6.07 Å². The Labute approximate surface area is 225 Å². The first-order valence-electron chi connectivity index (χ1n) is 12.0. The van der Waals surface area contributed by atoms with Gasteiger partial charge in [-0.05, 0) is 38.1 Å². The molecule has 1 heterocycles. The van der Waals surface area contributed by atoms with Crippen LogP contribution in [-0.2, 0) is 18.9 Å². The number of aromatic hydroxyl groups is 1. The highest BCUT2D eigenvalue weighted by atomic mass is 16.7. The zero-order chi connectivity index (χ0) is 28.2. The molecule has 2 aromatic carbocycles. The van der Waals surface area contributed by atoms with Gasteiger partial charge in [-0.15, -0.1) is 0 Å². The third-order valence-corrected chi connectivity index (χ3v) is 5.03. The summed E-state index contributed by atoms with van der Waals surface area (Å²) in [6, 6.07) is 14.1. The molecule has 0 fully saturated rings. The summed E-state index contributed by atoms with van der Waals surface area (Å²) in [4.78, 5) is 26.2. The molecule has 0 unspecified atom stereocenters. The van der Waals surface area contributed by atoms with Gasteiger partial charge in [0.2, 0.25) is 5.88 Å². The second-order valence-electron chi connectivity index (χ2n) is 8.20. The highest BCUT2D eigenvalue weighted by molar-refractivity contribution is 5.53. The van der Waals surface area contributed by atoms with Crippen molar-refractivity contribution in [1.29, 1.82) is 0 Å². The Morgan fingerprint density at radius 2 is 1.41 bits per heavy atom. The van der Waals surface area contributed by atoms with E-state index in [2.05, 4.69) is 13.2 Å². The van der Waals surface area contributed by atoms with E-state index in [4.69, 9.17) is 28.4 Å². The van der Waals surface area contributed by atoms with Crippen LogP contribution in [0.2, 0.25) is 0 Å². The molecule has 1 N–H and O–H groups in total. The molecular weight excluding hydrogens is 508 g/mol. The minimum atomic E-state index is -0.792. The van der Waals surface area contributed by atoms with E-state index >= 15 is 0 Å². The average Bonchev–Trinajstić information content (AvgIpc) is 2.89. The largest absolute Gasteiger partial charge is 0.494 e. The smallest absolute Gasteiger partial charge is 0.343 e. The van der Waals surface area contributed by atoms with Gasteiger partial charge < -0.3 is 33.5 Å². The number of benzene rings is 2. The Kier molecular flexibility index (Phi) is 10.8. The van der Waals surface area contributed by atoms with E-state index in [9.17, 15) is 14.7 Å². The van der Waals surface area contributed by atoms with E-state index in [1.807, 2.05) is 0 Å². The predicted molar refractivity (Wildman–Crippen MR) is 144 cm³/mol. The summed E-state index contributed by atoms with van der Waals surface area (Å²) >= 11 is 0. The second-order valence-corrected chi connectivity index (χ2v) is 8.20. The average molecular weight is 541 g/mol. The SMILES string of the molecule is C=C(C)OCOCCOc1ccc(OCCOCOC(=C)C)c(-n2c(O)cc(=O)n(-c3ccccc3)c2=O)c1. The van der Waals surface area contributed by atoms with Gasteiger partial charge in [0.05, 0.1) is 42.2 Å². The minimum absolute atomic E-state index is 0.0140. The van der Waals surface area contributed by atoms with Gasteiger partial charge in [-0.3, -0.25) is 4.79 Å². The number of para-hydroxylation sites is 1. The number of aromatic nitrogens is 2. The molecule has 0 spiro atoms.